The lowest BCUT2D eigenvalue weighted by Crippen LogP contribution is -2.49. The van der Waals surface area contributed by atoms with Crippen molar-refractivity contribution < 1.29 is 32.9 Å². The predicted octanol–water partition coefficient (Wildman–Crippen LogP) is 5.71. The standard InChI is InChI=1S/C26H22F3NO4/c1-25(19-5-2-17(3-6-19)4-13-24(32)33)23-12-9-21(31)16-18(23)14-15-30(25)20-7-10-22(11-8-20)34-26(27,28)29/h2-13,16,31H,14-15H2,1H3,(H,32,33). The van der Waals surface area contributed by atoms with Crippen LogP contribution >= 0.6 is 0 Å². The van der Waals surface area contributed by atoms with Crippen LogP contribution in [0.2, 0.25) is 0 Å². The molecule has 1 heterocycles. The van der Waals surface area contributed by atoms with Crippen molar-refractivity contribution in [1.82, 2.24) is 0 Å². The molecule has 3 aromatic rings. The molecule has 2 N–H and O–H groups in total. The number of phenolic OH excluding ortho intramolecular Hbond substituents is 1. The van der Waals surface area contributed by atoms with Crippen LogP contribution in [0.5, 0.6) is 11.5 Å². The number of phenols is 1. The van der Waals surface area contributed by atoms with Gasteiger partial charge in [-0.3, -0.25) is 0 Å². The molecule has 0 spiro atoms. The molecule has 0 saturated heterocycles. The number of aromatic hydroxyl groups is 1. The Kier molecular flexibility index (Phi) is 6.00. The lowest BCUT2D eigenvalue weighted by molar-refractivity contribution is -0.274. The fourth-order valence-electron chi connectivity index (χ4n) is 4.48. The molecule has 0 bridgehead atoms. The van der Waals surface area contributed by atoms with E-state index in [4.69, 9.17) is 5.11 Å². The van der Waals surface area contributed by atoms with Crippen LogP contribution in [-0.4, -0.2) is 29.1 Å². The highest BCUT2D eigenvalue weighted by Crippen LogP contribution is 2.44. The minimum atomic E-state index is -4.76. The van der Waals surface area contributed by atoms with Crippen molar-refractivity contribution in [3.8, 4) is 11.5 Å². The van der Waals surface area contributed by atoms with E-state index in [1.165, 1.54) is 18.2 Å². The molecule has 0 amide bonds. The molecule has 1 atom stereocenters. The first kappa shape index (κ1) is 23.2. The lowest BCUT2D eigenvalue weighted by Gasteiger charge is -2.48. The number of fused-ring (bicyclic) bond motifs is 1. The van der Waals surface area contributed by atoms with Crippen LogP contribution in [0.15, 0.2) is 72.8 Å². The second-order valence-electron chi connectivity index (χ2n) is 8.15. The number of carboxylic acid groups (broad SMARTS) is 1. The molecule has 4 rings (SSSR count). The summed E-state index contributed by atoms with van der Waals surface area (Å²) in [5.41, 5.74) is 3.57. The number of ether oxygens (including phenoxy) is 1. The molecule has 5 nitrogen and oxygen atoms in total. The summed E-state index contributed by atoms with van der Waals surface area (Å²) in [5, 5.41) is 18.9. The highest BCUT2D eigenvalue weighted by molar-refractivity contribution is 5.85. The third kappa shape index (κ3) is 4.71. The Labute approximate surface area is 194 Å². The van der Waals surface area contributed by atoms with Gasteiger partial charge in [-0.05, 0) is 78.1 Å². The molecule has 3 aromatic carbocycles. The van der Waals surface area contributed by atoms with Gasteiger partial charge in [0.1, 0.15) is 11.5 Å². The van der Waals surface area contributed by atoms with Crippen LogP contribution < -0.4 is 9.64 Å². The number of aliphatic carboxylic acids is 1. The van der Waals surface area contributed by atoms with E-state index in [1.807, 2.05) is 37.3 Å². The smallest absolute Gasteiger partial charge is 0.508 e. The topological polar surface area (TPSA) is 70.0 Å². The molecule has 0 aliphatic carbocycles. The van der Waals surface area contributed by atoms with Gasteiger partial charge in [-0.25, -0.2) is 4.79 Å². The van der Waals surface area contributed by atoms with Gasteiger partial charge in [-0.2, -0.15) is 0 Å². The quantitative estimate of drug-likeness (QED) is 0.468. The summed E-state index contributed by atoms with van der Waals surface area (Å²) in [6.45, 7) is 2.58. The van der Waals surface area contributed by atoms with Crippen LogP contribution in [0.3, 0.4) is 0 Å². The van der Waals surface area contributed by atoms with Crippen LogP contribution in [-0.2, 0) is 16.8 Å². The van der Waals surface area contributed by atoms with Gasteiger partial charge in [-0.1, -0.05) is 30.3 Å². The fraction of sp³-hybridized carbons (Fsp3) is 0.192. The van der Waals surface area contributed by atoms with E-state index in [9.17, 15) is 23.1 Å². The largest absolute Gasteiger partial charge is 0.573 e. The number of carbonyl (C=O) groups is 1. The second-order valence-corrected chi connectivity index (χ2v) is 8.15. The van der Waals surface area contributed by atoms with E-state index in [-0.39, 0.29) is 11.5 Å². The van der Waals surface area contributed by atoms with Gasteiger partial charge in [-0.15, -0.1) is 13.2 Å². The van der Waals surface area contributed by atoms with E-state index in [1.54, 1.807) is 24.3 Å². The maximum atomic E-state index is 12.6. The van der Waals surface area contributed by atoms with Gasteiger partial charge in [0.25, 0.3) is 0 Å². The van der Waals surface area contributed by atoms with Gasteiger partial charge in [0, 0.05) is 18.3 Å². The third-order valence-electron chi connectivity index (χ3n) is 6.03. The van der Waals surface area contributed by atoms with Crippen LogP contribution in [0.4, 0.5) is 18.9 Å². The molecule has 0 aromatic heterocycles. The molecule has 1 unspecified atom stereocenters. The van der Waals surface area contributed by atoms with Crippen molar-refractivity contribution >= 4 is 17.7 Å². The molecule has 34 heavy (non-hydrogen) atoms. The lowest BCUT2D eigenvalue weighted by atomic mass is 9.76. The molecular weight excluding hydrogens is 447 g/mol. The summed E-state index contributed by atoms with van der Waals surface area (Å²) in [7, 11) is 0. The van der Waals surface area contributed by atoms with E-state index in [0.29, 0.717) is 18.7 Å². The maximum Gasteiger partial charge on any atom is 0.573 e. The molecule has 1 aliphatic heterocycles. The Balaban J connectivity index is 1.77. The Morgan fingerprint density at radius 3 is 2.35 bits per heavy atom. The first-order valence-corrected chi connectivity index (χ1v) is 10.5. The van der Waals surface area contributed by atoms with Crippen molar-refractivity contribution in [3.05, 3.63) is 95.1 Å². The zero-order valence-electron chi connectivity index (χ0n) is 18.2. The summed E-state index contributed by atoms with van der Waals surface area (Å²) in [6, 6.07) is 18.4. The van der Waals surface area contributed by atoms with E-state index < -0.39 is 17.9 Å². The highest BCUT2D eigenvalue weighted by atomic mass is 19.4. The average molecular weight is 469 g/mol. The molecular formula is C26H22F3NO4. The molecule has 176 valence electrons. The summed E-state index contributed by atoms with van der Waals surface area (Å²) < 4.78 is 41.7. The molecule has 8 heteroatoms. The minimum absolute atomic E-state index is 0.164. The minimum Gasteiger partial charge on any atom is -0.508 e. The number of nitrogens with zero attached hydrogens (tertiary/aromatic N) is 1. The van der Waals surface area contributed by atoms with E-state index >= 15 is 0 Å². The number of alkyl halides is 3. The molecule has 0 saturated carbocycles. The Bertz CT molecular complexity index is 1220. The second kappa shape index (κ2) is 8.78. The number of benzene rings is 3. The SMILES string of the molecule is CC1(c2ccc(C=CC(=O)O)cc2)c2ccc(O)cc2CCN1c1ccc(OC(F)(F)F)cc1. The summed E-state index contributed by atoms with van der Waals surface area (Å²) in [5.74, 6) is -1.17. The van der Waals surface area contributed by atoms with Crippen LogP contribution in [0.1, 0.15) is 29.2 Å². The number of carboxylic acids is 1. The number of halogens is 3. The molecule has 0 fully saturated rings. The molecule has 0 radical (unpaired) electrons. The van der Waals surface area contributed by atoms with E-state index in [2.05, 4.69) is 9.64 Å². The van der Waals surface area contributed by atoms with Crippen molar-refractivity contribution in [1.29, 1.82) is 0 Å². The number of hydrogen-bond acceptors (Lipinski definition) is 4. The van der Waals surface area contributed by atoms with Crippen LogP contribution in [0, 0.1) is 0 Å². The Hall–Kier alpha value is -3.94. The van der Waals surface area contributed by atoms with Gasteiger partial charge in [0.2, 0.25) is 0 Å². The van der Waals surface area contributed by atoms with Crippen molar-refractivity contribution in [2.45, 2.75) is 25.2 Å². The monoisotopic (exact) mass is 469 g/mol. The normalized spacial score (nSPS) is 18.1. The zero-order valence-corrected chi connectivity index (χ0v) is 18.2. The highest BCUT2D eigenvalue weighted by Gasteiger charge is 2.40. The van der Waals surface area contributed by atoms with Gasteiger partial charge < -0.3 is 19.8 Å². The number of rotatable bonds is 5. The van der Waals surface area contributed by atoms with Gasteiger partial charge >= 0.3 is 12.3 Å². The van der Waals surface area contributed by atoms with E-state index in [0.717, 1.165) is 28.3 Å². The van der Waals surface area contributed by atoms with Crippen molar-refractivity contribution in [2.75, 3.05) is 11.4 Å². The molecule has 1 aliphatic rings. The van der Waals surface area contributed by atoms with Gasteiger partial charge in [0.15, 0.2) is 0 Å². The number of hydrogen-bond donors (Lipinski definition) is 2. The predicted molar refractivity (Wildman–Crippen MR) is 122 cm³/mol. The van der Waals surface area contributed by atoms with Gasteiger partial charge in [0.05, 0.1) is 5.54 Å². The summed E-state index contributed by atoms with van der Waals surface area (Å²) in [6.07, 6.45) is -1.57. The fourth-order valence-corrected chi connectivity index (χ4v) is 4.48. The van der Waals surface area contributed by atoms with Crippen molar-refractivity contribution in [3.63, 3.8) is 0 Å². The Morgan fingerprint density at radius 2 is 1.74 bits per heavy atom. The zero-order chi connectivity index (χ0) is 24.5. The van der Waals surface area contributed by atoms with Crippen molar-refractivity contribution in [2.24, 2.45) is 0 Å². The Morgan fingerprint density at radius 1 is 1.06 bits per heavy atom. The third-order valence-corrected chi connectivity index (χ3v) is 6.03. The summed E-state index contributed by atoms with van der Waals surface area (Å²) in [4.78, 5) is 12.9. The number of anilines is 1. The first-order chi connectivity index (χ1) is 16.1. The average Bonchev–Trinajstić information content (AvgIpc) is 2.78. The first-order valence-electron chi connectivity index (χ1n) is 10.5. The summed E-state index contributed by atoms with van der Waals surface area (Å²) >= 11 is 0. The van der Waals surface area contributed by atoms with Crippen LogP contribution in [0.25, 0.3) is 6.08 Å². The maximum absolute atomic E-state index is 12.6.